The van der Waals surface area contributed by atoms with E-state index in [9.17, 15) is 4.79 Å². The molecule has 1 aromatic heterocycles. The summed E-state index contributed by atoms with van der Waals surface area (Å²) in [4.78, 5) is 15.4. The minimum absolute atomic E-state index is 0.0501. The Kier molecular flexibility index (Phi) is 4.86. The molecular formula is C22H24N2O3. The molecule has 0 radical (unpaired) electrons. The first kappa shape index (κ1) is 17.6. The Morgan fingerprint density at radius 2 is 1.81 bits per heavy atom. The zero-order valence-corrected chi connectivity index (χ0v) is 15.6. The van der Waals surface area contributed by atoms with Crippen LogP contribution in [0.5, 0.6) is 11.5 Å². The van der Waals surface area contributed by atoms with E-state index < -0.39 is 0 Å². The van der Waals surface area contributed by atoms with E-state index in [-0.39, 0.29) is 11.6 Å². The van der Waals surface area contributed by atoms with Crippen LogP contribution < -0.4 is 20.3 Å². The van der Waals surface area contributed by atoms with E-state index >= 15 is 0 Å². The van der Waals surface area contributed by atoms with Gasteiger partial charge in [-0.25, -0.2) is 0 Å². The number of aromatic nitrogens is 1. The lowest BCUT2D eigenvalue weighted by molar-refractivity contribution is 0.171. The molecule has 0 aliphatic carbocycles. The Morgan fingerprint density at radius 1 is 1.04 bits per heavy atom. The number of pyridine rings is 1. The van der Waals surface area contributed by atoms with Gasteiger partial charge in [-0.15, -0.1) is 0 Å². The van der Waals surface area contributed by atoms with Crippen LogP contribution in [0.3, 0.4) is 0 Å². The number of nitrogens with one attached hydrogen (secondary N) is 2. The quantitative estimate of drug-likeness (QED) is 0.723. The summed E-state index contributed by atoms with van der Waals surface area (Å²) in [5, 5.41) is 4.58. The molecule has 0 spiro atoms. The molecule has 1 unspecified atom stereocenters. The highest BCUT2D eigenvalue weighted by atomic mass is 16.6. The van der Waals surface area contributed by atoms with E-state index in [0.717, 1.165) is 33.5 Å². The molecule has 1 aliphatic heterocycles. The van der Waals surface area contributed by atoms with Crippen LogP contribution in [0.4, 0.5) is 0 Å². The molecule has 4 rings (SSSR count). The van der Waals surface area contributed by atoms with Gasteiger partial charge >= 0.3 is 0 Å². The van der Waals surface area contributed by atoms with Crippen LogP contribution in [-0.2, 0) is 6.54 Å². The number of benzene rings is 2. The lowest BCUT2D eigenvalue weighted by Gasteiger charge is -2.25. The summed E-state index contributed by atoms with van der Waals surface area (Å²) in [6.45, 7) is 5.99. The zero-order chi connectivity index (χ0) is 18.8. The van der Waals surface area contributed by atoms with Crippen molar-refractivity contribution in [3.63, 3.8) is 0 Å². The lowest BCUT2D eigenvalue weighted by Crippen LogP contribution is -2.28. The summed E-state index contributed by atoms with van der Waals surface area (Å²) >= 11 is 0. The minimum atomic E-state index is -0.0501. The van der Waals surface area contributed by atoms with Crippen molar-refractivity contribution in [3.8, 4) is 11.5 Å². The maximum atomic E-state index is 12.4. The Hall–Kier alpha value is -2.79. The third kappa shape index (κ3) is 3.69. The number of aromatic amines is 1. The highest BCUT2D eigenvalue weighted by Gasteiger charge is 2.20. The van der Waals surface area contributed by atoms with Gasteiger partial charge in [0, 0.05) is 23.7 Å². The standard InChI is InChI=1S/C22H24N2O3/c1-14(2)21(16-7-8-19-20(12-16)27-10-9-26-19)23-13-17-11-15-5-3-4-6-18(15)24-22(17)25/h3-8,11-12,14,21,23H,9-10,13H2,1-2H3,(H,24,25). The van der Waals surface area contributed by atoms with Crippen molar-refractivity contribution in [2.75, 3.05) is 13.2 Å². The van der Waals surface area contributed by atoms with E-state index in [1.54, 1.807) is 0 Å². The van der Waals surface area contributed by atoms with Gasteiger partial charge in [-0.05, 0) is 41.1 Å². The second-order valence-electron chi connectivity index (χ2n) is 7.22. The second-order valence-corrected chi connectivity index (χ2v) is 7.22. The first-order chi connectivity index (χ1) is 13.1. The number of hydrogen-bond donors (Lipinski definition) is 2. The number of rotatable bonds is 5. The van der Waals surface area contributed by atoms with E-state index in [1.807, 2.05) is 42.5 Å². The second kappa shape index (κ2) is 7.45. The fraction of sp³-hybridized carbons (Fsp3) is 0.318. The van der Waals surface area contributed by atoms with Gasteiger partial charge in [0.1, 0.15) is 13.2 Å². The van der Waals surface area contributed by atoms with Crippen LogP contribution in [0.25, 0.3) is 10.9 Å². The van der Waals surface area contributed by atoms with E-state index in [1.165, 1.54) is 0 Å². The van der Waals surface area contributed by atoms with E-state index in [4.69, 9.17) is 9.47 Å². The van der Waals surface area contributed by atoms with Gasteiger partial charge in [-0.3, -0.25) is 4.79 Å². The molecule has 2 heterocycles. The van der Waals surface area contributed by atoms with Crippen molar-refractivity contribution in [3.05, 3.63) is 70.0 Å². The first-order valence-corrected chi connectivity index (χ1v) is 9.35. The fourth-order valence-electron chi connectivity index (χ4n) is 3.54. The highest BCUT2D eigenvalue weighted by molar-refractivity contribution is 5.78. The van der Waals surface area contributed by atoms with Crippen molar-refractivity contribution in [2.45, 2.75) is 26.4 Å². The lowest BCUT2D eigenvalue weighted by atomic mass is 9.95. The van der Waals surface area contributed by atoms with E-state index in [2.05, 4.69) is 30.2 Å². The molecule has 3 aromatic rings. The maximum Gasteiger partial charge on any atom is 0.252 e. The third-order valence-electron chi connectivity index (χ3n) is 4.93. The van der Waals surface area contributed by atoms with Crippen molar-refractivity contribution < 1.29 is 9.47 Å². The first-order valence-electron chi connectivity index (χ1n) is 9.35. The van der Waals surface area contributed by atoms with Crippen LogP contribution in [-0.4, -0.2) is 18.2 Å². The molecule has 5 nitrogen and oxygen atoms in total. The van der Waals surface area contributed by atoms with E-state index in [0.29, 0.717) is 25.7 Å². The summed E-state index contributed by atoms with van der Waals surface area (Å²) in [6.07, 6.45) is 0. The third-order valence-corrected chi connectivity index (χ3v) is 4.93. The summed E-state index contributed by atoms with van der Waals surface area (Å²) in [5.41, 5.74) is 2.67. The van der Waals surface area contributed by atoms with Crippen molar-refractivity contribution >= 4 is 10.9 Å². The smallest absolute Gasteiger partial charge is 0.252 e. The molecule has 5 heteroatoms. The predicted molar refractivity (Wildman–Crippen MR) is 106 cm³/mol. The molecule has 0 saturated carbocycles. The predicted octanol–water partition coefficient (Wildman–Crippen LogP) is 3.79. The number of H-pyrrole nitrogens is 1. The van der Waals surface area contributed by atoms with Crippen LogP contribution in [0.1, 0.15) is 31.0 Å². The SMILES string of the molecule is CC(C)C(NCc1cc2ccccc2[nH]c1=O)c1ccc2c(c1)OCCO2. The van der Waals surface area contributed by atoms with Gasteiger partial charge < -0.3 is 19.8 Å². The van der Waals surface area contributed by atoms with Gasteiger partial charge in [0.25, 0.3) is 5.56 Å². The zero-order valence-electron chi connectivity index (χ0n) is 15.6. The Balaban J connectivity index is 1.58. The highest BCUT2D eigenvalue weighted by Crippen LogP contribution is 2.34. The molecule has 27 heavy (non-hydrogen) atoms. The Morgan fingerprint density at radius 3 is 2.63 bits per heavy atom. The van der Waals surface area contributed by atoms with Crippen LogP contribution in [0.15, 0.2) is 53.3 Å². The van der Waals surface area contributed by atoms with Crippen molar-refractivity contribution in [1.82, 2.24) is 10.3 Å². The topological polar surface area (TPSA) is 63.4 Å². The maximum absolute atomic E-state index is 12.4. The Bertz CT molecular complexity index is 1010. The largest absolute Gasteiger partial charge is 0.486 e. The molecule has 2 N–H and O–H groups in total. The number of ether oxygens (including phenoxy) is 2. The van der Waals surface area contributed by atoms with Crippen molar-refractivity contribution in [1.29, 1.82) is 0 Å². The summed E-state index contributed by atoms with van der Waals surface area (Å²) in [6, 6.07) is 16.0. The van der Waals surface area contributed by atoms with Crippen LogP contribution >= 0.6 is 0 Å². The molecule has 2 aromatic carbocycles. The van der Waals surface area contributed by atoms with Crippen LogP contribution in [0.2, 0.25) is 0 Å². The average molecular weight is 364 g/mol. The van der Waals surface area contributed by atoms with Gasteiger partial charge in [-0.2, -0.15) is 0 Å². The molecule has 0 fully saturated rings. The van der Waals surface area contributed by atoms with Crippen LogP contribution in [0, 0.1) is 5.92 Å². The fourth-order valence-corrected chi connectivity index (χ4v) is 3.54. The Labute approximate surface area is 158 Å². The van der Waals surface area contributed by atoms with Gasteiger partial charge in [-0.1, -0.05) is 38.1 Å². The molecular weight excluding hydrogens is 340 g/mol. The number of hydrogen-bond acceptors (Lipinski definition) is 4. The molecule has 1 atom stereocenters. The molecule has 0 bridgehead atoms. The summed E-state index contributed by atoms with van der Waals surface area (Å²) in [5.74, 6) is 1.93. The summed E-state index contributed by atoms with van der Waals surface area (Å²) < 4.78 is 11.3. The molecule has 1 aliphatic rings. The average Bonchev–Trinajstić information content (AvgIpc) is 2.68. The molecule has 0 amide bonds. The van der Waals surface area contributed by atoms with Gasteiger partial charge in [0.05, 0.1) is 0 Å². The molecule has 140 valence electrons. The van der Waals surface area contributed by atoms with Gasteiger partial charge in [0.15, 0.2) is 11.5 Å². The monoisotopic (exact) mass is 364 g/mol. The minimum Gasteiger partial charge on any atom is -0.486 e. The molecule has 0 saturated heterocycles. The van der Waals surface area contributed by atoms with Crippen molar-refractivity contribution in [2.24, 2.45) is 5.92 Å². The number of para-hydroxylation sites is 1. The number of fused-ring (bicyclic) bond motifs is 2. The normalized spacial score (nSPS) is 14.5. The summed E-state index contributed by atoms with van der Waals surface area (Å²) in [7, 11) is 0. The van der Waals surface area contributed by atoms with Gasteiger partial charge in [0.2, 0.25) is 0 Å².